The molecule has 2 rings (SSSR count). The fourth-order valence-electron chi connectivity index (χ4n) is 1.45. The quantitative estimate of drug-likeness (QED) is 0.835. The Morgan fingerprint density at radius 2 is 1.94 bits per heavy atom. The topological polar surface area (TPSA) is 54.0 Å². The number of hydrogen-bond acceptors (Lipinski definition) is 3. The Balaban J connectivity index is 2.19. The van der Waals surface area contributed by atoms with E-state index in [2.05, 4.69) is 38.2 Å². The van der Waals surface area contributed by atoms with Crippen LogP contribution in [-0.4, -0.2) is 17.9 Å². The minimum absolute atomic E-state index is 0.212. The fourth-order valence-corrected chi connectivity index (χ4v) is 1.97. The van der Waals surface area contributed by atoms with Gasteiger partial charge in [0, 0.05) is 10.6 Å². The smallest absolute Gasteiger partial charge is 0.274 e. The molecule has 1 heterocycles. The van der Waals surface area contributed by atoms with Crippen LogP contribution in [-0.2, 0) is 0 Å². The van der Waals surface area contributed by atoms with Crippen molar-refractivity contribution in [3.05, 3.63) is 51.7 Å². The number of anilines is 2. The second-order valence-electron chi connectivity index (χ2n) is 3.59. The third-order valence-electron chi connectivity index (χ3n) is 2.36. The van der Waals surface area contributed by atoms with Gasteiger partial charge in [0.15, 0.2) is 0 Å². The molecule has 0 unspecified atom stereocenters. The number of carbonyl (C=O) groups excluding carboxylic acids is 1. The maximum Gasteiger partial charge on any atom is 0.274 e. The molecule has 0 aliphatic rings. The minimum atomic E-state index is -0.212. The molecule has 1 aromatic carbocycles. The number of nitrogens with one attached hydrogen (secondary N) is 2. The summed E-state index contributed by atoms with van der Waals surface area (Å²) in [5, 5.41) is 5.75. The van der Waals surface area contributed by atoms with E-state index in [1.54, 1.807) is 19.2 Å². The average molecular weight is 353 g/mol. The van der Waals surface area contributed by atoms with Crippen LogP contribution in [0.2, 0.25) is 0 Å². The van der Waals surface area contributed by atoms with Crippen molar-refractivity contribution in [1.29, 1.82) is 0 Å². The fraction of sp³-hybridized carbons (Fsp3) is 0.0769. The third kappa shape index (κ3) is 2.98. The van der Waals surface area contributed by atoms with Crippen LogP contribution in [0.15, 0.2) is 42.5 Å². The summed E-state index contributed by atoms with van der Waals surface area (Å²) in [6.07, 6.45) is 0. The lowest BCUT2D eigenvalue weighted by atomic mass is 10.3. The maximum atomic E-state index is 12.0. The van der Waals surface area contributed by atoms with Gasteiger partial charge in [0.05, 0.1) is 5.69 Å². The van der Waals surface area contributed by atoms with Crippen molar-refractivity contribution in [2.75, 3.05) is 17.7 Å². The van der Waals surface area contributed by atoms with Crippen LogP contribution in [0.5, 0.6) is 0 Å². The lowest BCUT2D eigenvalue weighted by molar-refractivity contribution is 0.102. The molecule has 0 saturated carbocycles. The number of nitrogens with zero attached hydrogens (tertiary/aromatic N) is 1. The van der Waals surface area contributed by atoms with Gasteiger partial charge in [-0.15, -0.1) is 0 Å². The molecule has 0 atom stereocenters. The molecule has 0 aliphatic heterocycles. The van der Waals surface area contributed by atoms with Crippen LogP contribution in [0.1, 0.15) is 10.5 Å². The number of carbonyl (C=O) groups is 1. The molecule has 1 amide bonds. The van der Waals surface area contributed by atoms with Gasteiger partial charge in [-0.3, -0.25) is 4.79 Å². The van der Waals surface area contributed by atoms with E-state index < -0.39 is 0 Å². The van der Waals surface area contributed by atoms with E-state index in [9.17, 15) is 4.79 Å². The first kappa shape index (κ1) is 12.8. The second kappa shape index (κ2) is 5.81. The molecule has 2 aromatic rings. The van der Waals surface area contributed by atoms with Crippen molar-refractivity contribution < 1.29 is 4.79 Å². The number of benzene rings is 1. The van der Waals surface area contributed by atoms with E-state index in [4.69, 9.17) is 0 Å². The molecular formula is C13H12IN3O. The Kier molecular flexibility index (Phi) is 4.14. The predicted molar refractivity (Wildman–Crippen MR) is 80.9 cm³/mol. The molecule has 0 aliphatic carbocycles. The molecule has 0 fully saturated rings. The van der Waals surface area contributed by atoms with Gasteiger partial charge in [-0.25, -0.2) is 4.98 Å². The summed E-state index contributed by atoms with van der Waals surface area (Å²) in [6, 6.07) is 12.9. The lowest BCUT2D eigenvalue weighted by Gasteiger charge is -2.07. The summed E-state index contributed by atoms with van der Waals surface area (Å²) in [6.45, 7) is 0. The van der Waals surface area contributed by atoms with Crippen LogP contribution in [0.4, 0.5) is 11.5 Å². The number of rotatable bonds is 3. The Labute approximate surface area is 119 Å². The van der Waals surface area contributed by atoms with Crippen molar-refractivity contribution in [3.63, 3.8) is 0 Å². The number of aromatic nitrogens is 1. The van der Waals surface area contributed by atoms with E-state index in [0.29, 0.717) is 11.5 Å². The summed E-state index contributed by atoms with van der Waals surface area (Å²) in [5.41, 5.74) is 1.18. The van der Waals surface area contributed by atoms with Crippen LogP contribution in [0.25, 0.3) is 0 Å². The Morgan fingerprint density at radius 3 is 2.67 bits per heavy atom. The number of hydrogen-bond donors (Lipinski definition) is 2. The number of amides is 1. The van der Waals surface area contributed by atoms with Gasteiger partial charge in [0.2, 0.25) is 0 Å². The highest BCUT2D eigenvalue weighted by atomic mass is 127. The molecule has 2 N–H and O–H groups in total. The zero-order chi connectivity index (χ0) is 13.0. The van der Waals surface area contributed by atoms with E-state index in [-0.39, 0.29) is 5.91 Å². The van der Waals surface area contributed by atoms with E-state index in [1.807, 2.05) is 30.3 Å². The first-order valence-corrected chi connectivity index (χ1v) is 6.49. The molecule has 5 heteroatoms. The Morgan fingerprint density at radius 1 is 1.17 bits per heavy atom. The molecule has 18 heavy (non-hydrogen) atoms. The average Bonchev–Trinajstić information content (AvgIpc) is 2.41. The van der Waals surface area contributed by atoms with E-state index >= 15 is 0 Å². The summed E-state index contributed by atoms with van der Waals surface area (Å²) in [5.74, 6) is 0.460. The Bertz CT molecular complexity index is 572. The largest absolute Gasteiger partial charge is 0.373 e. The van der Waals surface area contributed by atoms with Crippen LogP contribution < -0.4 is 10.6 Å². The molecule has 0 spiro atoms. The lowest BCUT2D eigenvalue weighted by Crippen LogP contribution is -2.14. The van der Waals surface area contributed by atoms with Crippen LogP contribution in [0, 0.1) is 3.57 Å². The zero-order valence-electron chi connectivity index (χ0n) is 9.77. The van der Waals surface area contributed by atoms with Gasteiger partial charge in [-0.05, 0) is 46.9 Å². The van der Waals surface area contributed by atoms with Gasteiger partial charge in [0.25, 0.3) is 5.91 Å². The molecule has 0 saturated heterocycles. The second-order valence-corrected chi connectivity index (χ2v) is 4.75. The van der Waals surface area contributed by atoms with Gasteiger partial charge in [-0.2, -0.15) is 0 Å². The first-order valence-electron chi connectivity index (χ1n) is 5.41. The summed E-state index contributed by atoms with van der Waals surface area (Å²) in [4.78, 5) is 16.2. The summed E-state index contributed by atoms with van der Waals surface area (Å²) in [7, 11) is 1.77. The first-order chi connectivity index (χ1) is 8.70. The normalized spacial score (nSPS) is 9.89. The van der Waals surface area contributed by atoms with Crippen LogP contribution in [0.3, 0.4) is 0 Å². The summed E-state index contributed by atoms with van der Waals surface area (Å²) < 4.78 is 0.994. The molecule has 92 valence electrons. The highest BCUT2D eigenvalue weighted by Crippen LogP contribution is 2.17. The maximum absolute atomic E-state index is 12.0. The van der Waals surface area contributed by atoms with Crippen molar-refractivity contribution >= 4 is 40.0 Å². The van der Waals surface area contributed by atoms with Gasteiger partial charge in [0.1, 0.15) is 11.5 Å². The molecular weight excluding hydrogens is 341 g/mol. The van der Waals surface area contributed by atoms with Crippen LogP contribution >= 0.6 is 22.6 Å². The highest BCUT2D eigenvalue weighted by Gasteiger charge is 2.09. The third-order valence-corrected chi connectivity index (χ3v) is 3.30. The number of pyridine rings is 1. The predicted octanol–water partition coefficient (Wildman–Crippen LogP) is 2.98. The van der Waals surface area contributed by atoms with Crippen molar-refractivity contribution in [2.45, 2.75) is 0 Å². The van der Waals surface area contributed by atoms with Gasteiger partial charge < -0.3 is 10.6 Å². The molecule has 1 aromatic heterocycles. The number of para-hydroxylation sites is 1. The SMILES string of the molecule is CNc1cccc(C(=O)Nc2ccccc2I)n1. The minimum Gasteiger partial charge on any atom is -0.373 e. The van der Waals surface area contributed by atoms with E-state index in [0.717, 1.165) is 9.26 Å². The standard InChI is InChI=1S/C13H12IN3O/c1-15-12-8-4-7-11(16-12)13(18)17-10-6-3-2-5-9(10)14/h2-8H,1H3,(H,15,16)(H,17,18). The molecule has 0 radical (unpaired) electrons. The number of halogens is 1. The Hall–Kier alpha value is -1.63. The van der Waals surface area contributed by atoms with Gasteiger partial charge >= 0.3 is 0 Å². The van der Waals surface area contributed by atoms with Gasteiger partial charge in [-0.1, -0.05) is 18.2 Å². The van der Waals surface area contributed by atoms with E-state index in [1.165, 1.54) is 0 Å². The van der Waals surface area contributed by atoms with Crippen molar-refractivity contribution in [2.24, 2.45) is 0 Å². The molecule has 0 bridgehead atoms. The summed E-state index contributed by atoms with van der Waals surface area (Å²) >= 11 is 2.18. The highest BCUT2D eigenvalue weighted by molar-refractivity contribution is 14.1. The van der Waals surface area contributed by atoms with Crippen molar-refractivity contribution in [3.8, 4) is 0 Å². The van der Waals surface area contributed by atoms with Crippen molar-refractivity contribution in [1.82, 2.24) is 4.98 Å². The monoisotopic (exact) mass is 353 g/mol. The zero-order valence-corrected chi connectivity index (χ0v) is 11.9. The molecule has 4 nitrogen and oxygen atoms in total.